The Balaban J connectivity index is 2.80. The molecule has 1 nitrogen and oxygen atoms in total. The smallest absolute Gasteiger partial charge is 0.123 e. The summed E-state index contributed by atoms with van der Waals surface area (Å²) in [7, 11) is 0. The second-order valence-corrected chi connectivity index (χ2v) is 4.65. The number of para-hydroxylation sites is 1. The first-order valence-electron chi connectivity index (χ1n) is 5.88. The first-order chi connectivity index (χ1) is 8.02. The lowest BCUT2D eigenvalue weighted by Crippen LogP contribution is -1.95. The number of aryl methyl sites for hydroxylation is 2. The van der Waals surface area contributed by atoms with Crippen LogP contribution in [0.15, 0.2) is 30.3 Å². The molecule has 0 saturated heterocycles. The van der Waals surface area contributed by atoms with E-state index in [9.17, 15) is 5.11 Å². The highest BCUT2D eigenvalue weighted by atomic mass is 16.3. The zero-order valence-corrected chi connectivity index (χ0v) is 10.8. The lowest BCUT2D eigenvalue weighted by atomic mass is 9.89. The van der Waals surface area contributed by atoms with E-state index < -0.39 is 0 Å². The topological polar surface area (TPSA) is 20.2 Å². The number of rotatable bonds is 1. The fourth-order valence-electron chi connectivity index (χ4n) is 2.31. The Morgan fingerprint density at radius 1 is 0.824 bits per heavy atom. The lowest BCUT2D eigenvalue weighted by molar-refractivity contribution is 0.477. The van der Waals surface area contributed by atoms with Gasteiger partial charge in [0, 0.05) is 5.56 Å². The molecule has 2 aromatic carbocycles. The van der Waals surface area contributed by atoms with Crippen molar-refractivity contribution in [3.05, 3.63) is 52.6 Å². The Morgan fingerprint density at radius 3 is 1.88 bits per heavy atom. The number of benzene rings is 2. The maximum absolute atomic E-state index is 9.99. The normalized spacial score (nSPS) is 10.6. The van der Waals surface area contributed by atoms with Crippen LogP contribution < -0.4 is 0 Å². The largest absolute Gasteiger partial charge is 0.507 e. The molecule has 2 rings (SSSR count). The Bertz CT molecular complexity index is 542. The van der Waals surface area contributed by atoms with Crippen molar-refractivity contribution in [3.63, 3.8) is 0 Å². The highest BCUT2D eigenvalue weighted by Gasteiger charge is 2.12. The molecule has 0 unspecified atom stereocenters. The number of phenols is 1. The molecule has 1 N–H and O–H groups in total. The van der Waals surface area contributed by atoms with Crippen LogP contribution in [0.2, 0.25) is 0 Å². The van der Waals surface area contributed by atoms with Crippen molar-refractivity contribution >= 4 is 0 Å². The summed E-state index contributed by atoms with van der Waals surface area (Å²) in [4.78, 5) is 0. The highest BCUT2D eigenvalue weighted by molar-refractivity contribution is 5.77. The Hall–Kier alpha value is -1.76. The van der Waals surface area contributed by atoms with Crippen LogP contribution >= 0.6 is 0 Å². The van der Waals surface area contributed by atoms with Gasteiger partial charge in [-0.05, 0) is 61.6 Å². The van der Waals surface area contributed by atoms with Crippen molar-refractivity contribution in [1.29, 1.82) is 0 Å². The third-order valence-corrected chi connectivity index (χ3v) is 3.54. The Kier molecular flexibility index (Phi) is 2.93. The predicted molar refractivity (Wildman–Crippen MR) is 72.5 cm³/mol. The first-order valence-corrected chi connectivity index (χ1v) is 5.88. The number of hydrogen-bond donors (Lipinski definition) is 1. The molecule has 88 valence electrons. The van der Waals surface area contributed by atoms with Gasteiger partial charge >= 0.3 is 0 Å². The maximum Gasteiger partial charge on any atom is 0.123 e. The maximum atomic E-state index is 9.99. The van der Waals surface area contributed by atoms with E-state index in [1.54, 1.807) is 6.07 Å². The average Bonchev–Trinajstić information content (AvgIpc) is 2.29. The molecule has 0 amide bonds. The minimum atomic E-state index is 0.351. The van der Waals surface area contributed by atoms with Crippen LogP contribution in [0.25, 0.3) is 11.1 Å². The average molecular weight is 226 g/mol. The summed E-state index contributed by atoms with van der Waals surface area (Å²) in [5.41, 5.74) is 7.12. The molecule has 0 aliphatic rings. The molecular formula is C16H18O. The lowest BCUT2D eigenvalue weighted by Gasteiger charge is -2.16. The molecule has 17 heavy (non-hydrogen) atoms. The van der Waals surface area contributed by atoms with E-state index in [2.05, 4.69) is 33.8 Å². The molecule has 0 aromatic heterocycles. The van der Waals surface area contributed by atoms with Crippen molar-refractivity contribution in [2.24, 2.45) is 0 Å². The van der Waals surface area contributed by atoms with E-state index in [1.165, 1.54) is 27.8 Å². The molecule has 0 spiro atoms. The van der Waals surface area contributed by atoms with Crippen LogP contribution in [0.1, 0.15) is 22.3 Å². The van der Waals surface area contributed by atoms with Crippen molar-refractivity contribution in [3.8, 4) is 16.9 Å². The van der Waals surface area contributed by atoms with Gasteiger partial charge in [-0.25, -0.2) is 0 Å². The van der Waals surface area contributed by atoms with Gasteiger partial charge in [-0.2, -0.15) is 0 Å². The third-order valence-electron chi connectivity index (χ3n) is 3.54. The van der Waals surface area contributed by atoms with Gasteiger partial charge in [0.25, 0.3) is 0 Å². The minimum Gasteiger partial charge on any atom is -0.507 e. The Morgan fingerprint density at radius 2 is 1.35 bits per heavy atom. The van der Waals surface area contributed by atoms with Crippen LogP contribution in [0.4, 0.5) is 0 Å². The van der Waals surface area contributed by atoms with Gasteiger partial charge in [0.05, 0.1) is 0 Å². The van der Waals surface area contributed by atoms with E-state index in [1.807, 2.05) is 18.2 Å². The van der Waals surface area contributed by atoms with Gasteiger partial charge in [0.1, 0.15) is 5.75 Å². The Labute approximate surface area is 103 Å². The SMILES string of the molecule is Cc1cc(C)c(C)c(-c2ccccc2O)c1C. The van der Waals surface area contributed by atoms with Crippen molar-refractivity contribution < 1.29 is 5.11 Å². The van der Waals surface area contributed by atoms with Crippen LogP contribution in [-0.4, -0.2) is 5.11 Å². The molecule has 1 heteroatoms. The zero-order chi connectivity index (χ0) is 12.6. The van der Waals surface area contributed by atoms with Crippen LogP contribution in [0.3, 0.4) is 0 Å². The second kappa shape index (κ2) is 4.25. The fraction of sp³-hybridized carbons (Fsp3) is 0.250. The van der Waals surface area contributed by atoms with Crippen molar-refractivity contribution in [2.75, 3.05) is 0 Å². The highest BCUT2D eigenvalue weighted by Crippen LogP contribution is 2.36. The fourth-order valence-corrected chi connectivity index (χ4v) is 2.31. The number of aromatic hydroxyl groups is 1. The van der Waals surface area contributed by atoms with Gasteiger partial charge < -0.3 is 5.11 Å². The summed E-state index contributed by atoms with van der Waals surface area (Å²) in [6, 6.07) is 9.74. The van der Waals surface area contributed by atoms with Gasteiger partial charge in [0.2, 0.25) is 0 Å². The minimum absolute atomic E-state index is 0.351. The number of hydrogen-bond acceptors (Lipinski definition) is 1. The molecule has 0 heterocycles. The van der Waals surface area contributed by atoms with E-state index >= 15 is 0 Å². The second-order valence-electron chi connectivity index (χ2n) is 4.65. The van der Waals surface area contributed by atoms with Gasteiger partial charge in [0.15, 0.2) is 0 Å². The van der Waals surface area contributed by atoms with E-state index in [-0.39, 0.29) is 0 Å². The monoisotopic (exact) mass is 226 g/mol. The molecule has 0 bridgehead atoms. The zero-order valence-electron chi connectivity index (χ0n) is 10.8. The van der Waals surface area contributed by atoms with Crippen molar-refractivity contribution in [2.45, 2.75) is 27.7 Å². The quantitative estimate of drug-likeness (QED) is 0.769. The van der Waals surface area contributed by atoms with Crippen LogP contribution in [0, 0.1) is 27.7 Å². The summed E-state index contributed by atoms with van der Waals surface area (Å²) < 4.78 is 0. The van der Waals surface area contributed by atoms with Crippen LogP contribution in [-0.2, 0) is 0 Å². The van der Waals surface area contributed by atoms with Crippen molar-refractivity contribution in [1.82, 2.24) is 0 Å². The molecular weight excluding hydrogens is 208 g/mol. The summed E-state index contributed by atoms with van der Waals surface area (Å²) in [6.45, 7) is 8.46. The summed E-state index contributed by atoms with van der Waals surface area (Å²) in [5, 5.41) is 9.99. The van der Waals surface area contributed by atoms with Gasteiger partial charge in [-0.1, -0.05) is 24.3 Å². The molecule has 0 saturated carbocycles. The molecule has 2 aromatic rings. The third kappa shape index (κ3) is 1.93. The number of phenolic OH excluding ortho intramolecular Hbond substituents is 1. The molecule has 0 fully saturated rings. The van der Waals surface area contributed by atoms with E-state index in [0.717, 1.165) is 5.56 Å². The van der Waals surface area contributed by atoms with Crippen LogP contribution in [0.5, 0.6) is 5.75 Å². The molecule has 0 aliphatic heterocycles. The summed E-state index contributed by atoms with van der Waals surface area (Å²) in [6.07, 6.45) is 0. The summed E-state index contributed by atoms with van der Waals surface area (Å²) in [5.74, 6) is 0.351. The van der Waals surface area contributed by atoms with Gasteiger partial charge in [-0.15, -0.1) is 0 Å². The molecule has 0 radical (unpaired) electrons. The summed E-state index contributed by atoms with van der Waals surface area (Å²) >= 11 is 0. The first kappa shape index (κ1) is 11.7. The molecule has 0 aliphatic carbocycles. The predicted octanol–water partition coefficient (Wildman–Crippen LogP) is 4.29. The van der Waals surface area contributed by atoms with E-state index in [4.69, 9.17) is 0 Å². The standard InChI is InChI=1S/C16H18O/c1-10-9-11(2)13(4)16(12(10)3)14-7-5-6-8-15(14)17/h5-9,17H,1-4H3. The van der Waals surface area contributed by atoms with Gasteiger partial charge in [-0.3, -0.25) is 0 Å². The van der Waals surface area contributed by atoms with E-state index in [0.29, 0.717) is 5.75 Å². The molecule has 0 atom stereocenters.